The number of amides is 1. The molecule has 0 bridgehead atoms. The third-order valence-corrected chi connectivity index (χ3v) is 4.99. The van der Waals surface area contributed by atoms with Crippen molar-refractivity contribution in [1.82, 2.24) is 9.88 Å². The summed E-state index contributed by atoms with van der Waals surface area (Å²) in [5.74, 6) is 1.28. The number of hydrogen-bond acceptors (Lipinski definition) is 4. The van der Waals surface area contributed by atoms with Gasteiger partial charge in [0.15, 0.2) is 0 Å². The van der Waals surface area contributed by atoms with Gasteiger partial charge >= 0.3 is 0 Å². The normalized spacial score (nSPS) is 18.0. The number of nitrogens with zero attached hydrogens (tertiary/aromatic N) is 2. The van der Waals surface area contributed by atoms with Crippen molar-refractivity contribution >= 4 is 23.4 Å². The molecule has 1 amide bonds. The number of thioether (sulfide) groups is 1. The fraction of sp³-hybridized carbons (Fsp3) is 0.600. The van der Waals surface area contributed by atoms with E-state index in [-0.39, 0.29) is 5.91 Å². The van der Waals surface area contributed by atoms with E-state index in [2.05, 4.69) is 10.3 Å². The minimum absolute atomic E-state index is 0.00823. The van der Waals surface area contributed by atoms with Gasteiger partial charge in [-0.15, -0.1) is 0 Å². The number of carbonyl (C=O) groups is 1. The molecule has 0 radical (unpaired) electrons. The van der Waals surface area contributed by atoms with Crippen molar-refractivity contribution in [3.63, 3.8) is 0 Å². The third-order valence-electron chi connectivity index (χ3n) is 3.59. The first-order valence-corrected chi connectivity index (χ1v) is 8.40. The first kappa shape index (κ1) is 15.2. The number of aromatic nitrogens is 1. The lowest BCUT2D eigenvalue weighted by molar-refractivity contribution is 0.0767. The van der Waals surface area contributed by atoms with Crippen LogP contribution in [-0.2, 0) is 0 Å². The highest BCUT2D eigenvalue weighted by molar-refractivity contribution is 8.00. The number of rotatable bonds is 6. The molecule has 1 unspecified atom stereocenters. The summed E-state index contributed by atoms with van der Waals surface area (Å²) in [6, 6.07) is 3.79. The Bertz CT molecular complexity index is 442. The quantitative estimate of drug-likeness (QED) is 0.876. The van der Waals surface area contributed by atoms with Gasteiger partial charge in [-0.25, -0.2) is 0 Å². The van der Waals surface area contributed by atoms with Crippen LogP contribution in [0.15, 0.2) is 18.3 Å². The summed E-state index contributed by atoms with van der Waals surface area (Å²) in [6.07, 6.45) is 4.31. The van der Waals surface area contributed by atoms with Crippen molar-refractivity contribution < 1.29 is 4.79 Å². The van der Waals surface area contributed by atoms with Gasteiger partial charge in [0.2, 0.25) is 0 Å². The smallest absolute Gasteiger partial charge is 0.272 e. The van der Waals surface area contributed by atoms with Crippen molar-refractivity contribution in [3.05, 3.63) is 24.0 Å². The van der Waals surface area contributed by atoms with Crippen molar-refractivity contribution in [2.24, 2.45) is 0 Å². The topological polar surface area (TPSA) is 45.2 Å². The molecule has 110 valence electrons. The molecule has 0 spiro atoms. The molecule has 1 N–H and O–H groups in total. The molecular weight excluding hydrogens is 270 g/mol. The summed E-state index contributed by atoms with van der Waals surface area (Å²) in [4.78, 5) is 18.2. The third kappa shape index (κ3) is 3.88. The molecule has 1 saturated heterocycles. The summed E-state index contributed by atoms with van der Waals surface area (Å²) >= 11 is 2.03. The summed E-state index contributed by atoms with van der Waals surface area (Å²) in [6.45, 7) is 6.37. The van der Waals surface area contributed by atoms with Crippen LogP contribution in [0.3, 0.4) is 0 Å². The number of anilines is 1. The zero-order valence-corrected chi connectivity index (χ0v) is 13.1. The Morgan fingerprint density at radius 3 is 2.95 bits per heavy atom. The maximum absolute atomic E-state index is 12.3. The van der Waals surface area contributed by atoms with Crippen LogP contribution >= 0.6 is 11.8 Å². The van der Waals surface area contributed by atoms with Crippen molar-refractivity contribution in [1.29, 1.82) is 0 Å². The standard InChI is InChI=1S/C15H23N3OS/c1-3-18(4-2)15(19)14-10-12(7-8-16-14)17-11-13-6-5-9-20-13/h7-8,10,13H,3-6,9,11H2,1-2H3,(H,16,17). The Balaban J connectivity index is 1.97. The minimum atomic E-state index is 0.00823. The summed E-state index contributed by atoms with van der Waals surface area (Å²) in [5.41, 5.74) is 1.51. The SMILES string of the molecule is CCN(CC)C(=O)c1cc(NCC2CCCS2)ccn1. The molecule has 1 atom stereocenters. The second kappa shape index (κ2) is 7.53. The lowest BCUT2D eigenvalue weighted by Crippen LogP contribution is -2.31. The second-order valence-corrected chi connectivity index (χ2v) is 6.33. The van der Waals surface area contributed by atoms with Crippen LogP contribution in [0.5, 0.6) is 0 Å². The molecule has 20 heavy (non-hydrogen) atoms. The molecule has 4 nitrogen and oxygen atoms in total. The Hall–Kier alpha value is -1.23. The van der Waals surface area contributed by atoms with Crippen molar-refractivity contribution in [3.8, 4) is 0 Å². The molecule has 5 heteroatoms. The zero-order chi connectivity index (χ0) is 14.4. The lowest BCUT2D eigenvalue weighted by Gasteiger charge is -2.18. The van der Waals surface area contributed by atoms with Crippen LogP contribution in [0.25, 0.3) is 0 Å². The fourth-order valence-electron chi connectivity index (χ4n) is 2.37. The Morgan fingerprint density at radius 2 is 2.30 bits per heavy atom. The molecule has 1 aromatic heterocycles. The van der Waals surface area contributed by atoms with Gasteiger partial charge < -0.3 is 10.2 Å². The number of pyridine rings is 1. The Morgan fingerprint density at radius 1 is 1.50 bits per heavy atom. The fourth-order valence-corrected chi connectivity index (χ4v) is 3.57. The largest absolute Gasteiger partial charge is 0.384 e. The van der Waals surface area contributed by atoms with E-state index in [1.807, 2.05) is 37.7 Å². The van der Waals surface area contributed by atoms with Crippen LogP contribution in [0.4, 0.5) is 5.69 Å². The maximum atomic E-state index is 12.3. The molecule has 0 saturated carbocycles. The van der Waals surface area contributed by atoms with E-state index < -0.39 is 0 Å². The average molecular weight is 293 g/mol. The summed E-state index contributed by atoms with van der Waals surface area (Å²) in [7, 11) is 0. The van der Waals surface area contributed by atoms with E-state index in [1.165, 1.54) is 18.6 Å². The molecule has 1 aromatic rings. The number of nitrogens with one attached hydrogen (secondary N) is 1. The van der Waals surface area contributed by atoms with Crippen LogP contribution in [-0.4, -0.2) is 46.4 Å². The van der Waals surface area contributed by atoms with Crippen LogP contribution in [0.2, 0.25) is 0 Å². The van der Waals surface area contributed by atoms with Gasteiger partial charge in [-0.05, 0) is 44.6 Å². The minimum Gasteiger partial charge on any atom is -0.384 e. The highest BCUT2D eigenvalue weighted by atomic mass is 32.2. The highest BCUT2D eigenvalue weighted by Gasteiger charge is 2.16. The molecule has 1 aliphatic rings. The molecule has 1 aliphatic heterocycles. The van der Waals surface area contributed by atoms with Gasteiger partial charge in [-0.1, -0.05) is 0 Å². The highest BCUT2D eigenvalue weighted by Crippen LogP contribution is 2.26. The van der Waals surface area contributed by atoms with E-state index in [0.29, 0.717) is 24.0 Å². The average Bonchev–Trinajstić information content (AvgIpc) is 3.00. The van der Waals surface area contributed by atoms with Gasteiger partial charge in [0, 0.05) is 36.8 Å². The van der Waals surface area contributed by atoms with Crippen LogP contribution < -0.4 is 5.32 Å². The lowest BCUT2D eigenvalue weighted by atomic mass is 10.2. The molecule has 1 fully saturated rings. The molecule has 2 rings (SSSR count). The van der Waals surface area contributed by atoms with E-state index in [9.17, 15) is 4.79 Å². The number of carbonyl (C=O) groups excluding carboxylic acids is 1. The predicted molar refractivity (Wildman–Crippen MR) is 85.5 cm³/mol. The van der Waals surface area contributed by atoms with Gasteiger partial charge in [0.1, 0.15) is 5.69 Å². The van der Waals surface area contributed by atoms with Crippen molar-refractivity contribution in [2.45, 2.75) is 31.9 Å². The molecule has 0 aromatic carbocycles. The summed E-state index contributed by atoms with van der Waals surface area (Å²) in [5, 5.41) is 4.12. The second-order valence-electron chi connectivity index (χ2n) is 4.92. The van der Waals surface area contributed by atoms with E-state index in [1.54, 1.807) is 11.1 Å². The van der Waals surface area contributed by atoms with E-state index >= 15 is 0 Å². The molecular formula is C15H23N3OS. The predicted octanol–water partition coefficient (Wildman–Crippen LogP) is 2.87. The van der Waals surface area contributed by atoms with E-state index in [0.717, 1.165) is 12.2 Å². The molecule has 0 aliphatic carbocycles. The Labute approximate surface area is 125 Å². The maximum Gasteiger partial charge on any atom is 0.272 e. The van der Waals surface area contributed by atoms with E-state index in [4.69, 9.17) is 0 Å². The Kier molecular flexibility index (Phi) is 5.71. The van der Waals surface area contributed by atoms with Gasteiger partial charge in [-0.3, -0.25) is 9.78 Å². The van der Waals surface area contributed by atoms with Gasteiger partial charge in [-0.2, -0.15) is 11.8 Å². The van der Waals surface area contributed by atoms with Crippen LogP contribution in [0, 0.1) is 0 Å². The number of hydrogen-bond donors (Lipinski definition) is 1. The van der Waals surface area contributed by atoms with Gasteiger partial charge in [0.05, 0.1) is 0 Å². The monoisotopic (exact) mass is 293 g/mol. The zero-order valence-electron chi connectivity index (χ0n) is 12.3. The molecule has 2 heterocycles. The summed E-state index contributed by atoms with van der Waals surface area (Å²) < 4.78 is 0. The van der Waals surface area contributed by atoms with Crippen molar-refractivity contribution in [2.75, 3.05) is 30.7 Å². The first-order chi connectivity index (χ1) is 9.74. The first-order valence-electron chi connectivity index (χ1n) is 7.35. The van der Waals surface area contributed by atoms with Crippen LogP contribution in [0.1, 0.15) is 37.2 Å². The van der Waals surface area contributed by atoms with Gasteiger partial charge in [0.25, 0.3) is 5.91 Å².